The van der Waals surface area contributed by atoms with E-state index in [0.29, 0.717) is 18.9 Å². The molecule has 1 heterocycles. The van der Waals surface area contributed by atoms with Gasteiger partial charge in [-0.3, -0.25) is 9.59 Å². The van der Waals surface area contributed by atoms with Crippen molar-refractivity contribution in [3.63, 3.8) is 0 Å². The molecule has 1 unspecified atom stereocenters. The number of anilines is 1. The van der Waals surface area contributed by atoms with Crippen LogP contribution in [0.3, 0.4) is 0 Å². The van der Waals surface area contributed by atoms with Crippen molar-refractivity contribution in [2.75, 3.05) is 31.6 Å². The van der Waals surface area contributed by atoms with Crippen molar-refractivity contribution in [3.8, 4) is 5.75 Å². The van der Waals surface area contributed by atoms with Gasteiger partial charge in [-0.05, 0) is 25.1 Å². The molecule has 1 fully saturated rings. The summed E-state index contributed by atoms with van der Waals surface area (Å²) in [5, 5.41) is 2.47. The Morgan fingerprint density at radius 1 is 1.57 bits per heavy atom. The van der Waals surface area contributed by atoms with Crippen LogP contribution in [0.25, 0.3) is 0 Å². The normalized spacial score (nSPS) is 17.5. The maximum atomic E-state index is 13.9. The monoisotopic (exact) mass is 322 g/mol. The topological polar surface area (TPSA) is 67.9 Å². The molecule has 7 heteroatoms. The molecule has 0 aromatic heterocycles. The summed E-state index contributed by atoms with van der Waals surface area (Å²) in [5.41, 5.74) is 0.0363. The lowest BCUT2D eigenvalue weighted by Crippen LogP contribution is -2.49. The molecule has 0 aliphatic carbocycles. The number of ether oxygens (including phenoxy) is 2. The predicted molar refractivity (Wildman–Crippen MR) is 82.7 cm³/mol. The Balaban J connectivity index is 2.01. The van der Waals surface area contributed by atoms with Gasteiger partial charge in [0.15, 0.2) is 6.10 Å². The number of nitrogens with one attached hydrogen (secondary N) is 1. The summed E-state index contributed by atoms with van der Waals surface area (Å²) in [6.07, 6.45) is 0.338. The molecule has 1 N–H and O–H groups in total. The van der Waals surface area contributed by atoms with E-state index in [9.17, 15) is 14.0 Å². The molecule has 2 rings (SSSR count). The average Bonchev–Trinajstić information content (AvgIpc) is 2.57. The molecule has 0 spiro atoms. The van der Waals surface area contributed by atoms with E-state index >= 15 is 0 Å². The molecule has 1 atom stereocenters. The number of hydrogen-bond acceptors (Lipinski definition) is 4. The fraction of sp³-hybridized carbons (Fsp3) is 0.375. The minimum Gasteiger partial charge on any atom is -0.494 e. The number of amides is 2. The summed E-state index contributed by atoms with van der Waals surface area (Å²) >= 11 is 0. The molecule has 0 saturated carbocycles. The Hall–Kier alpha value is -2.41. The van der Waals surface area contributed by atoms with Crippen LogP contribution in [-0.2, 0) is 14.3 Å². The van der Waals surface area contributed by atoms with Crippen LogP contribution in [0.5, 0.6) is 5.75 Å². The van der Waals surface area contributed by atoms with Crippen LogP contribution < -0.4 is 10.1 Å². The Bertz CT molecular complexity index is 606. The summed E-state index contributed by atoms with van der Waals surface area (Å²) in [5.74, 6) is -0.980. The molecule has 1 aromatic carbocycles. The van der Waals surface area contributed by atoms with Crippen molar-refractivity contribution in [3.05, 3.63) is 36.7 Å². The van der Waals surface area contributed by atoms with Gasteiger partial charge < -0.3 is 19.7 Å². The number of carbonyl (C=O) groups excluding carboxylic acids is 2. The standard InChI is InChI=1S/C16H19FN2O4/c1-3-15(20)19-7-8-23-14(10-19)16(21)18-13-6-5-11(22-4-2)9-12(13)17/h3,5-6,9,14H,1,4,7-8,10H2,2H3,(H,18,21). The van der Waals surface area contributed by atoms with E-state index < -0.39 is 17.8 Å². The smallest absolute Gasteiger partial charge is 0.255 e. The second-order valence-electron chi connectivity index (χ2n) is 4.91. The van der Waals surface area contributed by atoms with E-state index in [-0.39, 0.29) is 24.7 Å². The van der Waals surface area contributed by atoms with Crippen molar-refractivity contribution in [1.82, 2.24) is 4.90 Å². The SMILES string of the molecule is C=CC(=O)N1CCOC(C(=O)Nc2ccc(OCC)cc2F)C1. The second-order valence-corrected chi connectivity index (χ2v) is 4.91. The molecule has 6 nitrogen and oxygen atoms in total. The van der Waals surface area contributed by atoms with Gasteiger partial charge in [-0.2, -0.15) is 0 Å². The van der Waals surface area contributed by atoms with Gasteiger partial charge >= 0.3 is 0 Å². The van der Waals surface area contributed by atoms with Crippen molar-refractivity contribution < 1.29 is 23.5 Å². The van der Waals surface area contributed by atoms with Gasteiger partial charge in [-0.25, -0.2) is 4.39 Å². The molecular formula is C16H19FN2O4. The third-order valence-corrected chi connectivity index (χ3v) is 3.35. The van der Waals surface area contributed by atoms with Crippen molar-refractivity contribution in [2.24, 2.45) is 0 Å². The highest BCUT2D eigenvalue weighted by Crippen LogP contribution is 2.21. The molecule has 1 saturated heterocycles. The van der Waals surface area contributed by atoms with Gasteiger partial charge in [0.05, 0.1) is 25.4 Å². The number of halogens is 1. The average molecular weight is 322 g/mol. The predicted octanol–water partition coefficient (Wildman–Crippen LogP) is 1.58. The number of nitrogens with zero attached hydrogens (tertiary/aromatic N) is 1. The van der Waals surface area contributed by atoms with Gasteiger partial charge in [0, 0.05) is 12.6 Å². The first kappa shape index (κ1) is 17.0. The Morgan fingerprint density at radius 2 is 2.35 bits per heavy atom. The summed E-state index contributed by atoms with van der Waals surface area (Å²) < 4.78 is 24.5. The molecule has 1 aromatic rings. The van der Waals surface area contributed by atoms with Gasteiger partial charge in [0.25, 0.3) is 5.91 Å². The van der Waals surface area contributed by atoms with Crippen molar-refractivity contribution in [1.29, 1.82) is 0 Å². The molecule has 0 bridgehead atoms. The van der Waals surface area contributed by atoms with E-state index in [1.54, 1.807) is 13.0 Å². The van der Waals surface area contributed by atoms with E-state index in [2.05, 4.69) is 11.9 Å². The molecule has 23 heavy (non-hydrogen) atoms. The highest BCUT2D eigenvalue weighted by atomic mass is 19.1. The largest absolute Gasteiger partial charge is 0.494 e. The maximum Gasteiger partial charge on any atom is 0.255 e. The number of benzene rings is 1. The molecule has 1 aliphatic heterocycles. The number of rotatable bonds is 5. The van der Waals surface area contributed by atoms with E-state index in [0.717, 1.165) is 0 Å². The number of carbonyl (C=O) groups is 2. The molecule has 2 amide bonds. The Kier molecular flexibility index (Phi) is 5.70. The zero-order valence-electron chi connectivity index (χ0n) is 12.9. The lowest BCUT2D eigenvalue weighted by molar-refractivity contribution is -0.141. The van der Waals surface area contributed by atoms with Gasteiger partial charge in [0.2, 0.25) is 5.91 Å². The first-order valence-electron chi connectivity index (χ1n) is 7.31. The summed E-state index contributed by atoms with van der Waals surface area (Å²) in [6, 6.07) is 4.19. The van der Waals surface area contributed by atoms with Gasteiger partial charge in [-0.1, -0.05) is 6.58 Å². The van der Waals surface area contributed by atoms with E-state index in [4.69, 9.17) is 9.47 Å². The van der Waals surface area contributed by atoms with Crippen LogP contribution in [0.15, 0.2) is 30.9 Å². The zero-order valence-corrected chi connectivity index (χ0v) is 12.9. The van der Waals surface area contributed by atoms with Crippen LogP contribution in [0.2, 0.25) is 0 Å². The van der Waals surface area contributed by atoms with Crippen LogP contribution in [-0.4, -0.2) is 49.1 Å². The Morgan fingerprint density at radius 3 is 3.00 bits per heavy atom. The van der Waals surface area contributed by atoms with Crippen LogP contribution in [0.1, 0.15) is 6.92 Å². The molecule has 0 radical (unpaired) electrons. The van der Waals surface area contributed by atoms with Crippen molar-refractivity contribution in [2.45, 2.75) is 13.0 Å². The third-order valence-electron chi connectivity index (χ3n) is 3.35. The first-order chi connectivity index (χ1) is 11.0. The second kappa shape index (κ2) is 7.73. The van der Waals surface area contributed by atoms with Gasteiger partial charge in [0.1, 0.15) is 11.6 Å². The van der Waals surface area contributed by atoms with E-state index in [1.807, 2.05) is 0 Å². The first-order valence-corrected chi connectivity index (χ1v) is 7.31. The fourth-order valence-corrected chi connectivity index (χ4v) is 2.20. The lowest BCUT2D eigenvalue weighted by Gasteiger charge is -2.31. The van der Waals surface area contributed by atoms with Gasteiger partial charge in [-0.15, -0.1) is 0 Å². The van der Waals surface area contributed by atoms with Crippen LogP contribution in [0, 0.1) is 5.82 Å². The number of morpholine rings is 1. The summed E-state index contributed by atoms with van der Waals surface area (Å²) in [6.45, 7) is 6.38. The summed E-state index contributed by atoms with van der Waals surface area (Å²) in [4.78, 5) is 25.2. The molecular weight excluding hydrogens is 303 g/mol. The third kappa shape index (κ3) is 4.29. The summed E-state index contributed by atoms with van der Waals surface area (Å²) in [7, 11) is 0. The minimum atomic E-state index is -0.849. The van der Waals surface area contributed by atoms with Crippen molar-refractivity contribution >= 4 is 17.5 Å². The lowest BCUT2D eigenvalue weighted by atomic mass is 10.2. The van der Waals surface area contributed by atoms with E-state index in [1.165, 1.54) is 23.1 Å². The minimum absolute atomic E-state index is 0.0363. The quantitative estimate of drug-likeness (QED) is 0.836. The van der Waals surface area contributed by atoms with Crippen LogP contribution >= 0.6 is 0 Å². The highest BCUT2D eigenvalue weighted by molar-refractivity contribution is 5.95. The number of hydrogen-bond donors (Lipinski definition) is 1. The molecule has 1 aliphatic rings. The maximum absolute atomic E-state index is 13.9. The van der Waals surface area contributed by atoms with Crippen LogP contribution in [0.4, 0.5) is 10.1 Å². The molecule has 124 valence electrons. The fourth-order valence-electron chi connectivity index (χ4n) is 2.20. The Labute approximate surface area is 133 Å². The highest BCUT2D eigenvalue weighted by Gasteiger charge is 2.28. The zero-order chi connectivity index (χ0) is 16.8.